The molecular weight excluding hydrogens is 144 g/mol. The van der Waals surface area contributed by atoms with E-state index in [1.54, 1.807) is 0 Å². The Balaban J connectivity index is 1.97. The molecule has 0 amide bonds. The van der Waals surface area contributed by atoms with E-state index in [-0.39, 0.29) is 0 Å². The van der Waals surface area contributed by atoms with E-state index >= 15 is 0 Å². The van der Waals surface area contributed by atoms with Gasteiger partial charge < -0.3 is 0 Å². The summed E-state index contributed by atoms with van der Waals surface area (Å²) in [5, 5.41) is 0. The van der Waals surface area contributed by atoms with Crippen molar-refractivity contribution in [1.29, 1.82) is 0 Å². The predicted octanol–water partition coefficient (Wildman–Crippen LogP) is 3.58. The van der Waals surface area contributed by atoms with Crippen LogP contribution in [-0.2, 0) is 0 Å². The number of hydrogen-bond donors (Lipinski definition) is 0. The summed E-state index contributed by atoms with van der Waals surface area (Å²) in [6, 6.07) is 0. The Labute approximate surface area is 76.1 Å². The molecule has 0 saturated heterocycles. The molecule has 67 valence electrons. The normalized spacial score (nSPS) is 40.9. The first-order chi connectivity index (χ1) is 5.90. The molecule has 2 rings (SSSR count). The number of fused-ring (bicyclic) bond motifs is 1. The smallest absolute Gasteiger partial charge is 0.0196 e. The van der Waals surface area contributed by atoms with E-state index in [4.69, 9.17) is 0 Å². The molecule has 3 atom stereocenters. The summed E-state index contributed by atoms with van der Waals surface area (Å²) in [4.78, 5) is 0. The van der Waals surface area contributed by atoms with E-state index < -0.39 is 0 Å². The van der Waals surface area contributed by atoms with Crippen molar-refractivity contribution < 1.29 is 0 Å². The van der Waals surface area contributed by atoms with Gasteiger partial charge in [-0.15, -0.1) is 0 Å². The maximum absolute atomic E-state index is 3.40. The first-order valence-corrected chi connectivity index (χ1v) is 5.47. The fraction of sp³-hybridized carbons (Fsp3) is 0.833. The standard InChI is InChI=1S/C12H19/c1-2-10-7-8-11-5-3-4-6-12(11)9-10/h6,10-12H,2-3,5,7-9H2,1H3. The van der Waals surface area contributed by atoms with Gasteiger partial charge in [-0.05, 0) is 49.5 Å². The van der Waals surface area contributed by atoms with Gasteiger partial charge in [0.2, 0.25) is 0 Å². The number of rotatable bonds is 1. The third-order valence-corrected chi connectivity index (χ3v) is 3.73. The Hall–Kier alpha value is -0.260. The van der Waals surface area contributed by atoms with Gasteiger partial charge in [0.05, 0.1) is 0 Å². The molecule has 1 radical (unpaired) electrons. The Morgan fingerprint density at radius 1 is 1.33 bits per heavy atom. The summed E-state index contributed by atoms with van der Waals surface area (Å²) in [6.07, 6.45) is 14.2. The second-order valence-electron chi connectivity index (χ2n) is 4.42. The highest BCUT2D eigenvalue weighted by Gasteiger charge is 2.28. The van der Waals surface area contributed by atoms with E-state index in [1.165, 1.54) is 38.5 Å². The molecule has 0 nitrogen and oxygen atoms in total. The summed E-state index contributed by atoms with van der Waals surface area (Å²) in [5.74, 6) is 2.94. The monoisotopic (exact) mass is 163 g/mol. The van der Waals surface area contributed by atoms with E-state index in [1.807, 2.05) is 0 Å². The molecule has 0 aromatic rings. The van der Waals surface area contributed by atoms with Crippen LogP contribution < -0.4 is 0 Å². The maximum atomic E-state index is 3.40. The zero-order valence-corrected chi connectivity index (χ0v) is 8.05. The Morgan fingerprint density at radius 3 is 3.08 bits per heavy atom. The van der Waals surface area contributed by atoms with Crippen molar-refractivity contribution in [2.45, 2.75) is 45.4 Å². The maximum Gasteiger partial charge on any atom is -0.0196 e. The van der Waals surface area contributed by atoms with Gasteiger partial charge in [-0.25, -0.2) is 0 Å². The van der Waals surface area contributed by atoms with Crippen LogP contribution >= 0.6 is 0 Å². The van der Waals surface area contributed by atoms with Crippen LogP contribution in [0.15, 0.2) is 6.08 Å². The lowest BCUT2D eigenvalue weighted by molar-refractivity contribution is 0.194. The molecule has 0 aliphatic heterocycles. The average molecular weight is 163 g/mol. The molecular formula is C12H19. The molecule has 0 heterocycles. The van der Waals surface area contributed by atoms with Crippen molar-refractivity contribution in [3.8, 4) is 0 Å². The topological polar surface area (TPSA) is 0 Å². The first-order valence-electron chi connectivity index (χ1n) is 5.47. The summed E-state index contributed by atoms with van der Waals surface area (Å²) < 4.78 is 0. The molecule has 0 aromatic heterocycles. The van der Waals surface area contributed by atoms with E-state index in [0.29, 0.717) is 0 Å². The van der Waals surface area contributed by atoms with Crippen molar-refractivity contribution in [2.75, 3.05) is 0 Å². The van der Waals surface area contributed by atoms with Crippen molar-refractivity contribution in [2.24, 2.45) is 17.8 Å². The van der Waals surface area contributed by atoms with Crippen molar-refractivity contribution in [3.63, 3.8) is 0 Å². The van der Waals surface area contributed by atoms with Crippen LogP contribution in [0, 0.1) is 23.8 Å². The zero-order chi connectivity index (χ0) is 8.39. The van der Waals surface area contributed by atoms with Gasteiger partial charge in [-0.1, -0.05) is 25.8 Å². The fourth-order valence-electron chi connectivity index (χ4n) is 2.80. The largest absolute Gasteiger partial charge is 0.0776 e. The molecule has 12 heavy (non-hydrogen) atoms. The minimum absolute atomic E-state index is 0.900. The van der Waals surface area contributed by atoms with Gasteiger partial charge in [0.15, 0.2) is 0 Å². The summed E-state index contributed by atoms with van der Waals surface area (Å²) in [7, 11) is 0. The molecule has 0 N–H and O–H groups in total. The van der Waals surface area contributed by atoms with Gasteiger partial charge >= 0.3 is 0 Å². The molecule has 1 fully saturated rings. The minimum Gasteiger partial charge on any atom is -0.0776 e. The van der Waals surface area contributed by atoms with Crippen LogP contribution in [-0.4, -0.2) is 0 Å². The molecule has 0 bridgehead atoms. The van der Waals surface area contributed by atoms with Gasteiger partial charge in [0.25, 0.3) is 0 Å². The Bertz CT molecular complexity index is 169. The lowest BCUT2D eigenvalue weighted by Crippen LogP contribution is -2.25. The van der Waals surface area contributed by atoms with Crippen molar-refractivity contribution in [3.05, 3.63) is 12.2 Å². The third-order valence-electron chi connectivity index (χ3n) is 3.73. The highest BCUT2D eigenvalue weighted by molar-refractivity contribution is 4.95. The van der Waals surface area contributed by atoms with E-state index in [2.05, 4.69) is 19.1 Å². The fourth-order valence-corrected chi connectivity index (χ4v) is 2.80. The third kappa shape index (κ3) is 1.57. The molecule has 3 unspecified atom stereocenters. The summed E-state index contributed by atoms with van der Waals surface area (Å²) in [6.45, 7) is 2.33. The second kappa shape index (κ2) is 3.64. The average Bonchev–Trinajstić information content (AvgIpc) is 2.17. The quantitative estimate of drug-likeness (QED) is 0.554. The number of hydrogen-bond acceptors (Lipinski definition) is 0. The van der Waals surface area contributed by atoms with Crippen LogP contribution in [0.25, 0.3) is 0 Å². The van der Waals surface area contributed by atoms with Crippen LogP contribution in [0.2, 0.25) is 0 Å². The van der Waals surface area contributed by atoms with Crippen LogP contribution in [0.5, 0.6) is 0 Å². The summed E-state index contributed by atoms with van der Waals surface area (Å²) in [5.41, 5.74) is 0. The van der Waals surface area contributed by atoms with E-state index in [9.17, 15) is 0 Å². The van der Waals surface area contributed by atoms with Gasteiger partial charge in [0, 0.05) is 0 Å². The molecule has 0 aromatic carbocycles. The lowest BCUT2D eigenvalue weighted by Gasteiger charge is -2.36. The summed E-state index contributed by atoms with van der Waals surface area (Å²) >= 11 is 0. The van der Waals surface area contributed by atoms with Gasteiger partial charge in [-0.3, -0.25) is 0 Å². The highest BCUT2D eigenvalue weighted by atomic mass is 14.3. The molecule has 1 saturated carbocycles. The molecule has 0 spiro atoms. The van der Waals surface area contributed by atoms with Crippen molar-refractivity contribution in [1.82, 2.24) is 0 Å². The van der Waals surface area contributed by atoms with Crippen LogP contribution in [0.4, 0.5) is 0 Å². The first kappa shape index (κ1) is 8.34. The molecule has 0 heteroatoms. The van der Waals surface area contributed by atoms with Crippen molar-refractivity contribution >= 4 is 0 Å². The predicted molar refractivity (Wildman–Crippen MR) is 51.7 cm³/mol. The van der Waals surface area contributed by atoms with Crippen LogP contribution in [0.1, 0.15) is 45.4 Å². The number of allylic oxidation sites excluding steroid dienone is 2. The Morgan fingerprint density at radius 2 is 2.25 bits per heavy atom. The van der Waals surface area contributed by atoms with Gasteiger partial charge in [-0.2, -0.15) is 0 Å². The SMILES string of the molecule is CCC1CCC2CC[C]=CC2C1. The lowest BCUT2D eigenvalue weighted by atomic mass is 9.70. The molecule has 2 aliphatic rings. The molecule has 2 aliphatic carbocycles. The second-order valence-corrected chi connectivity index (χ2v) is 4.42. The van der Waals surface area contributed by atoms with Gasteiger partial charge in [0.1, 0.15) is 0 Å². The zero-order valence-electron chi connectivity index (χ0n) is 8.05. The highest BCUT2D eigenvalue weighted by Crippen LogP contribution is 2.40. The van der Waals surface area contributed by atoms with E-state index in [0.717, 1.165) is 17.8 Å². The minimum atomic E-state index is 0.900. The van der Waals surface area contributed by atoms with Crippen LogP contribution in [0.3, 0.4) is 0 Å². The Kier molecular flexibility index (Phi) is 2.53.